The van der Waals surface area contributed by atoms with E-state index in [4.69, 9.17) is 11.5 Å². The van der Waals surface area contributed by atoms with E-state index in [0.29, 0.717) is 12.1 Å². The van der Waals surface area contributed by atoms with Crippen molar-refractivity contribution in [2.24, 2.45) is 17.4 Å². The smallest absolute Gasteiger partial charge is 0.248 e. The Morgan fingerprint density at radius 2 is 1.89 bits per heavy atom. The van der Waals surface area contributed by atoms with Crippen LogP contribution in [0.25, 0.3) is 0 Å². The molecule has 1 fully saturated rings. The van der Waals surface area contributed by atoms with Gasteiger partial charge in [0.1, 0.15) is 0 Å². The monoisotopic (exact) mass is 260 g/mol. The third kappa shape index (κ3) is 3.57. The summed E-state index contributed by atoms with van der Waals surface area (Å²) in [5, 5.41) is 0. The van der Waals surface area contributed by atoms with Crippen molar-refractivity contribution in [1.82, 2.24) is 0 Å². The van der Waals surface area contributed by atoms with Gasteiger partial charge in [-0.05, 0) is 36.4 Å². The van der Waals surface area contributed by atoms with Crippen LogP contribution in [0, 0.1) is 5.92 Å². The van der Waals surface area contributed by atoms with Crippen LogP contribution in [-0.4, -0.2) is 12.5 Å². The second-order valence-electron chi connectivity index (χ2n) is 5.62. The Balaban J connectivity index is 2.14. The predicted molar refractivity (Wildman–Crippen MR) is 77.9 cm³/mol. The first kappa shape index (κ1) is 14.1. The van der Waals surface area contributed by atoms with E-state index >= 15 is 0 Å². The van der Waals surface area contributed by atoms with Crippen LogP contribution in [0.4, 0.5) is 0 Å². The summed E-state index contributed by atoms with van der Waals surface area (Å²) in [4.78, 5) is 11.5. The Kier molecular flexibility index (Phi) is 4.97. The molecule has 3 nitrogen and oxygen atoms in total. The lowest BCUT2D eigenvalue weighted by atomic mass is 9.79. The van der Waals surface area contributed by atoms with E-state index in [2.05, 4.69) is 0 Å². The zero-order chi connectivity index (χ0) is 13.7. The van der Waals surface area contributed by atoms with Crippen molar-refractivity contribution in [2.45, 2.75) is 44.4 Å². The maximum atomic E-state index is 11.5. The van der Waals surface area contributed by atoms with E-state index in [-0.39, 0.29) is 11.8 Å². The molecule has 1 atom stereocenters. The number of rotatable bonds is 5. The van der Waals surface area contributed by atoms with E-state index in [1.807, 2.05) is 18.2 Å². The van der Waals surface area contributed by atoms with Gasteiger partial charge in [-0.2, -0.15) is 0 Å². The molecule has 0 spiro atoms. The Labute approximate surface area is 115 Å². The van der Waals surface area contributed by atoms with Gasteiger partial charge < -0.3 is 11.5 Å². The number of hydrogen-bond acceptors (Lipinski definition) is 2. The van der Waals surface area contributed by atoms with Gasteiger partial charge in [0, 0.05) is 5.56 Å². The molecule has 0 saturated heterocycles. The Morgan fingerprint density at radius 3 is 2.53 bits per heavy atom. The Hall–Kier alpha value is -1.35. The molecular formula is C16H24N2O. The van der Waals surface area contributed by atoms with E-state index in [1.54, 1.807) is 6.07 Å². The summed E-state index contributed by atoms with van der Waals surface area (Å²) in [5.74, 6) is 0.660. The summed E-state index contributed by atoms with van der Waals surface area (Å²) >= 11 is 0. The van der Waals surface area contributed by atoms with Gasteiger partial charge in [-0.25, -0.2) is 0 Å². The highest BCUT2D eigenvalue weighted by Gasteiger charge is 2.22. The molecule has 2 rings (SSSR count). The number of hydrogen-bond donors (Lipinski definition) is 2. The molecule has 3 heteroatoms. The molecule has 1 amide bonds. The topological polar surface area (TPSA) is 69.1 Å². The fourth-order valence-electron chi connectivity index (χ4n) is 3.25. The molecular weight excluding hydrogens is 236 g/mol. The van der Waals surface area contributed by atoms with Crippen molar-refractivity contribution in [2.75, 3.05) is 6.54 Å². The van der Waals surface area contributed by atoms with Gasteiger partial charge in [-0.15, -0.1) is 0 Å². The maximum absolute atomic E-state index is 11.5. The highest BCUT2D eigenvalue weighted by atomic mass is 16.1. The largest absolute Gasteiger partial charge is 0.366 e. The van der Waals surface area contributed by atoms with Gasteiger partial charge in [0.2, 0.25) is 5.91 Å². The fraction of sp³-hybridized carbons (Fsp3) is 0.562. The van der Waals surface area contributed by atoms with Crippen LogP contribution in [0.5, 0.6) is 0 Å². The summed E-state index contributed by atoms with van der Waals surface area (Å²) in [5.41, 5.74) is 13.1. The van der Waals surface area contributed by atoms with Gasteiger partial charge in [0.15, 0.2) is 0 Å². The van der Waals surface area contributed by atoms with Crippen molar-refractivity contribution in [3.63, 3.8) is 0 Å². The van der Waals surface area contributed by atoms with E-state index in [1.165, 1.54) is 32.1 Å². The average molecular weight is 260 g/mol. The quantitative estimate of drug-likeness (QED) is 0.854. The molecule has 0 bridgehead atoms. The number of nitrogens with two attached hydrogens (primary N) is 2. The minimum Gasteiger partial charge on any atom is -0.366 e. The Morgan fingerprint density at radius 1 is 1.21 bits per heavy atom. The number of carbonyl (C=O) groups is 1. The standard InChI is InChI=1S/C16H24N2O/c17-11-13(10-12-6-2-1-3-7-12)14-8-4-5-9-15(14)16(18)19/h4-5,8-9,12-13H,1-3,6-7,10-11,17H2,(H2,18,19)/t13-/m1/s1. The van der Waals surface area contributed by atoms with Gasteiger partial charge >= 0.3 is 0 Å². The van der Waals surface area contributed by atoms with Crippen LogP contribution in [0.2, 0.25) is 0 Å². The molecule has 104 valence electrons. The van der Waals surface area contributed by atoms with Crippen LogP contribution in [-0.2, 0) is 0 Å². The molecule has 1 aliphatic rings. The lowest BCUT2D eigenvalue weighted by Gasteiger charge is -2.27. The first-order valence-electron chi connectivity index (χ1n) is 7.31. The minimum atomic E-state index is -0.349. The first-order chi connectivity index (χ1) is 9.22. The third-order valence-electron chi connectivity index (χ3n) is 4.29. The third-order valence-corrected chi connectivity index (χ3v) is 4.29. The second-order valence-corrected chi connectivity index (χ2v) is 5.62. The summed E-state index contributed by atoms with van der Waals surface area (Å²) in [6.45, 7) is 0.584. The van der Waals surface area contributed by atoms with Crippen molar-refractivity contribution in [3.05, 3.63) is 35.4 Å². The maximum Gasteiger partial charge on any atom is 0.248 e. The predicted octanol–water partition coefficient (Wildman–Crippen LogP) is 2.80. The summed E-state index contributed by atoms with van der Waals surface area (Å²) in [7, 11) is 0. The van der Waals surface area contributed by atoms with Crippen LogP contribution >= 0.6 is 0 Å². The molecule has 1 aliphatic carbocycles. The molecule has 0 unspecified atom stereocenters. The molecule has 19 heavy (non-hydrogen) atoms. The summed E-state index contributed by atoms with van der Waals surface area (Å²) < 4.78 is 0. The fourth-order valence-corrected chi connectivity index (χ4v) is 3.25. The van der Waals surface area contributed by atoms with E-state index in [0.717, 1.165) is 17.9 Å². The lowest BCUT2D eigenvalue weighted by Crippen LogP contribution is -2.22. The minimum absolute atomic E-state index is 0.256. The zero-order valence-electron chi connectivity index (χ0n) is 11.5. The van der Waals surface area contributed by atoms with Crippen LogP contribution in [0.1, 0.15) is 60.4 Å². The van der Waals surface area contributed by atoms with Crippen molar-refractivity contribution in [1.29, 1.82) is 0 Å². The van der Waals surface area contributed by atoms with Gasteiger partial charge in [0.05, 0.1) is 0 Å². The number of carbonyl (C=O) groups excluding carboxylic acids is 1. The average Bonchev–Trinajstić information content (AvgIpc) is 2.46. The first-order valence-corrected chi connectivity index (χ1v) is 7.31. The van der Waals surface area contributed by atoms with Crippen molar-refractivity contribution >= 4 is 5.91 Å². The van der Waals surface area contributed by atoms with Gasteiger partial charge in [-0.1, -0.05) is 50.3 Å². The normalized spacial score (nSPS) is 18.2. The van der Waals surface area contributed by atoms with Crippen LogP contribution in [0.3, 0.4) is 0 Å². The number of amides is 1. The van der Waals surface area contributed by atoms with E-state index in [9.17, 15) is 4.79 Å². The van der Waals surface area contributed by atoms with Gasteiger partial charge in [-0.3, -0.25) is 4.79 Å². The number of benzene rings is 1. The lowest BCUT2D eigenvalue weighted by molar-refractivity contribution is 0.0998. The van der Waals surface area contributed by atoms with Crippen molar-refractivity contribution < 1.29 is 4.79 Å². The van der Waals surface area contributed by atoms with Crippen LogP contribution < -0.4 is 11.5 Å². The molecule has 0 heterocycles. The van der Waals surface area contributed by atoms with E-state index < -0.39 is 0 Å². The molecule has 0 aliphatic heterocycles. The molecule has 0 aromatic heterocycles. The highest BCUT2D eigenvalue weighted by molar-refractivity contribution is 5.94. The molecule has 1 aromatic rings. The summed E-state index contributed by atoms with van der Waals surface area (Å²) in [6.07, 6.45) is 7.71. The number of primary amides is 1. The molecule has 0 radical (unpaired) electrons. The van der Waals surface area contributed by atoms with Crippen LogP contribution in [0.15, 0.2) is 24.3 Å². The second kappa shape index (κ2) is 6.71. The SMILES string of the molecule is NC[C@@H](CC1CCCCC1)c1ccccc1C(N)=O. The summed E-state index contributed by atoms with van der Waals surface area (Å²) in [6, 6.07) is 7.63. The molecule has 4 N–H and O–H groups in total. The zero-order valence-corrected chi connectivity index (χ0v) is 11.5. The highest BCUT2D eigenvalue weighted by Crippen LogP contribution is 2.33. The molecule has 1 aromatic carbocycles. The Bertz CT molecular complexity index is 425. The van der Waals surface area contributed by atoms with Crippen molar-refractivity contribution in [3.8, 4) is 0 Å². The van der Waals surface area contributed by atoms with Gasteiger partial charge in [0.25, 0.3) is 0 Å². The molecule has 1 saturated carbocycles.